The third kappa shape index (κ3) is 41.9. The van der Waals surface area contributed by atoms with Crippen LogP contribution in [0.4, 0.5) is 0 Å². The number of aliphatic hydroxyl groups is 1. The molecule has 0 saturated heterocycles. The van der Waals surface area contributed by atoms with Crippen LogP contribution in [0.3, 0.4) is 0 Å². The lowest BCUT2D eigenvalue weighted by Gasteiger charge is -2.29. The molecule has 0 spiro atoms. The summed E-state index contributed by atoms with van der Waals surface area (Å²) in [6.45, 7) is 14.8. The van der Waals surface area contributed by atoms with Gasteiger partial charge in [-0.15, -0.1) is 0 Å². The predicted octanol–water partition coefficient (Wildman–Crippen LogP) is -2.21. The SMILES string of the molecule is CCC(C)C(NC(=O)CNC(=O)C(CCCCN)NC(=O)C(Cc1ccc(O)cc1)NC(=O)C(CCCCN)NC(=O)C(CC(C)C)NC(=O)C(CCC(N)=O)NC(=O)C(Cc1ccc(O)cc1)NC(=O)C(CC(C)C)NC(=O)C(CCC(=O)O)NC(=O)C(CCC(N)=O)NC(=O)C(Cc1c[nH]c2ccccc12)NC(=O)C(NC(=O)C(CC(C)C)NC(=O)C(N)CCCCN)C(C)O)C(=O)O. The third-order valence-corrected chi connectivity index (χ3v) is 22.4. The highest BCUT2D eigenvalue weighted by molar-refractivity contribution is 6.01. The number of rotatable bonds is 65. The second-order valence-corrected chi connectivity index (χ2v) is 35.5. The van der Waals surface area contributed by atoms with Crippen molar-refractivity contribution in [1.82, 2.24) is 79.4 Å². The van der Waals surface area contributed by atoms with Crippen molar-refractivity contribution in [2.24, 2.45) is 58.1 Å². The van der Waals surface area contributed by atoms with Gasteiger partial charge in [-0.3, -0.25) is 81.5 Å². The first-order valence-electron chi connectivity index (χ1n) is 46.2. The summed E-state index contributed by atoms with van der Waals surface area (Å²) in [5.41, 5.74) is 36.4. The number of fused-ring (bicyclic) bond motifs is 1. The average Bonchev–Trinajstić information content (AvgIpc) is 1.65. The molecule has 1 heterocycles. The van der Waals surface area contributed by atoms with Gasteiger partial charge in [-0.05, 0) is 187 Å². The molecule has 4 rings (SSSR count). The minimum absolute atomic E-state index is 0.0214. The predicted molar refractivity (Wildman–Crippen MR) is 501 cm³/mol. The molecule has 0 bridgehead atoms. The van der Waals surface area contributed by atoms with E-state index in [0.717, 1.165) is 0 Å². The number of aromatic nitrogens is 1. The number of aliphatic hydroxyl groups excluding tert-OH is 1. The number of para-hydroxylation sites is 1. The van der Waals surface area contributed by atoms with Gasteiger partial charge in [0, 0.05) is 55.6 Å². The molecule has 0 aliphatic rings. The van der Waals surface area contributed by atoms with Crippen LogP contribution < -0.4 is 109 Å². The summed E-state index contributed by atoms with van der Waals surface area (Å²) in [4.78, 5) is 256. The Morgan fingerprint density at radius 3 is 1.09 bits per heavy atom. The number of hydrogen-bond donors (Lipinski definition) is 26. The van der Waals surface area contributed by atoms with Crippen molar-refractivity contribution in [2.75, 3.05) is 26.2 Å². The Balaban J connectivity index is 1.71. The lowest BCUT2D eigenvalue weighted by molar-refractivity contribution is -0.143. The molecule has 0 radical (unpaired) electrons. The van der Waals surface area contributed by atoms with Crippen LogP contribution in [0.1, 0.15) is 201 Å². The number of H-pyrrole nitrogens is 1. The van der Waals surface area contributed by atoms with Crippen molar-refractivity contribution < 1.29 is 112 Å². The molecule has 4 aromatic rings. The molecular formula is C92H143N21O23. The minimum Gasteiger partial charge on any atom is -0.508 e. The number of amides is 16. The number of phenols is 2. The topological polar surface area (TPSA) is 749 Å². The van der Waals surface area contributed by atoms with E-state index in [-0.39, 0.29) is 93.9 Å². The molecule has 0 fully saturated rings. The number of unbranched alkanes of at least 4 members (excludes halogenated alkanes) is 3. The van der Waals surface area contributed by atoms with E-state index in [1.54, 1.807) is 85.9 Å². The molecular weight excluding hydrogens is 1770 g/mol. The van der Waals surface area contributed by atoms with Gasteiger partial charge >= 0.3 is 11.9 Å². The standard InChI is InChI=1S/C92H143N21O23/c1-10-52(8)77(92(135)136)112-75(119)48-100-80(123)62(22-14-17-39-94)101-87(130)70(44-54-24-28-57(115)29-25-54)109-81(124)63(23-15-18-40-95)102-85(128)67(41-49(2)3)107-83(126)65(33-36-74(98)118)104-88(131)71(45-55-26-30-58(116)31-27-55)110-86(129)68(42-50(4)5)108-84(127)66(34-37-76(120)121)103-82(125)64(32-35-73(97)117)105-89(132)72(46-56-47-99-61-21-12-11-19-59(56)61)111-91(134)78(53(9)114)113-90(133)69(43-51(6)7)106-79(122)60(96)20-13-16-38-93/h11-12,19,21,24-31,47,49-53,60,62-72,77-78,99,114-116H,10,13-18,20,22-23,32-46,48,93-96H2,1-9H3,(H2,97,117)(H2,98,118)(H,100,123)(H,101,130)(H,102,128)(H,103,125)(H,104,131)(H,105,132)(H,106,122)(H,107,126)(H,108,127)(H,109,124)(H,110,129)(H,111,134)(H,112,119)(H,113,133)(H,120,121)(H,135,136). The summed E-state index contributed by atoms with van der Waals surface area (Å²) >= 11 is 0. The monoisotopic (exact) mass is 1910 g/mol. The lowest BCUT2D eigenvalue weighted by atomic mass is 9.99. The third-order valence-electron chi connectivity index (χ3n) is 22.4. The number of phenolic OH excluding ortho intramolecular Hbond substituents is 2. The van der Waals surface area contributed by atoms with Crippen LogP contribution in [0.15, 0.2) is 79.0 Å². The quantitative estimate of drug-likeness (QED) is 0.0208. The number of carboxylic acids is 2. The van der Waals surface area contributed by atoms with E-state index in [4.69, 9.17) is 34.4 Å². The zero-order valence-electron chi connectivity index (χ0n) is 78.9. The number of carbonyl (C=O) groups is 18. The number of hydrogen-bond acceptors (Lipinski definition) is 25. The van der Waals surface area contributed by atoms with Gasteiger partial charge in [-0.2, -0.15) is 0 Å². The fourth-order valence-corrected chi connectivity index (χ4v) is 14.7. The molecule has 16 atom stereocenters. The smallest absolute Gasteiger partial charge is 0.326 e. The maximum atomic E-state index is 15.1. The summed E-state index contributed by atoms with van der Waals surface area (Å²) in [6, 6.07) is -4.18. The number of aliphatic carboxylic acids is 2. The number of carboxylic acid groups (broad SMARTS) is 2. The lowest BCUT2D eigenvalue weighted by Crippen LogP contribution is -2.62. The second kappa shape index (κ2) is 59.7. The number of nitrogens with two attached hydrogens (primary N) is 6. The summed E-state index contributed by atoms with van der Waals surface area (Å²) in [5, 5.41) is 87.9. The van der Waals surface area contributed by atoms with Crippen LogP contribution in [-0.4, -0.2) is 254 Å². The molecule has 16 amide bonds. The highest BCUT2D eigenvalue weighted by Gasteiger charge is 2.40. The normalized spacial score (nSPS) is 14.9. The molecule has 44 heteroatoms. The average molecular weight is 1910 g/mol. The van der Waals surface area contributed by atoms with Crippen molar-refractivity contribution in [1.29, 1.82) is 0 Å². The molecule has 32 N–H and O–H groups in total. The van der Waals surface area contributed by atoms with Gasteiger partial charge in [-0.1, -0.05) is 111 Å². The number of benzene rings is 3. The van der Waals surface area contributed by atoms with Gasteiger partial charge in [0.05, 0.1) is 18.7 Å². The van der Waals surface area contributed by atoms with Crippen molar-refractivity contribution in [3.63, 3.8) is 0 Å². The first-order valence-corrected chi connectivity index (χ1v) is 46.2. The maximum absolute atomic E-state index is 15.1. The Morgan fingerprint density at radius 2 is 0.706 bits per heavy atom. The highest BCUT2D eigenvalue weighted by Crippen LogP contribution is 2.23. The molecule has 0 aliphatic heterocycles. The van der Waals surface area contributed by atoms with E-state index in [1.165, 1.54) is 55.5 Å². The van der Waals surface area contributed by atoms with Crippen LogP contribution in [0.2, 0.25) is 0 Å². The van der Waals surface area contributed by atoms with E-state index in [0.29, 0.717) is 67.1 Å². The minimum atomic E-state index is -1.89. The van der Waals surface area contributed by atoms with Crippen molar-refractivity contribution in [3.05, 3.63) is 95.7 Å². The van der Waals surface area contributed by atoms with E-state index >= 15 is 9.59 Å². The molecule has 0 saturated carbocycles. The number of aromatic amines is 1. The number of nitrogens with one attached hydrogen (secondary N) is 15. The highest BCUT2D eigenvalue weighted by atomic mass is 16.4. The van der Waals surface area contributed by atoms with Gasteiger partial charge < -0.3 is 139 Å². The van der Waals surface area contributed by atoms with Gasteiger partial charge in [0.15, 0.2) is 0 Å². The fourth-order valence-electron chi connectivity index (χ4n) is 14.7. The largest absolute Gasteiger partial charge is 0.508 e. The molecule has 44 nitrogen and oxygen atoms in total. The van der Waals surface area contributed by atoms with E-state index in [1.807, 2.05) is 0 Å². The zero-order valence-corrected chi connectivity index (χ0v) is 78.9. The maximum Gasteiger partial charge on any atom is 0.326 e. The van der Waals surface area contributed by atoms with Crippen LogP contribution in [0.25, 0.3) is 10.9 Å². The second-order valence-electron chi connectivity index (χ2n) is 35.5. The van der Waals surface area contributed by atoms with Crippen LogP contribution in [-0.2, 0) is 106 Å². The zero-order chi connectivity index (χ0) is 102. The molecule has 3 aromatic carbocycles. The Morgan fingerprint density at radius 1 is 0.368 bits per heavy atom. The fraction of sp³-hybridized carbons (Fsp3) is 0.587. The summed E-state index contributed by atoms with van der Waals surface area (Å²) < 4.78 is 0. The van der Waals surface area contributed by atoms with Gasteiger partial charge in [0.1, 0.15) is 90.0 Å². The summed E-state index contributed by atoms with van der Waals surface area (Å²) in [6.07, 6.45) is -2.50. The van der Waals surface area contributed by atoms with E-state index in [2.05, 4.69) is 79.4 Å². The summed E-state index contributed by atoms with van der Waals surface area (Å²) in [5.74, 6) is -20.6. The van der Waals surface area contributed by atoms with Crippen molar-refractivity contribution in [3.8, 4) is 11.5 Å². The van der Waals surface area contributed by atoms with Crippen LogP contribution >= 0.6 is 0 Å². The molecule has 1 aromatic heterocycles. The molecule has 136 heavy (non-hydrogen) atoms. The molecule has 0 aliphatic carbocycles. The van der Waals surface area contributed by atoms with Crippen molar-refractivity contribution in [2.45, 2.75) is 294 Å². The van der Waals surface area contributed by atoms with Gasteiger partial charge in [0.25, 0.3) is 0 Å². The van der Waals surface area contributed by atoms with E-state index < -0.39 is 266 Å². The Labute approximate surface area is 790 Å². The molecule has 16 unspecified atom stereocenters. The Hall–Kier alpha value is -12.9. The Kier molecular flexibility index (Phi) is 50.7. The number of aromatic hydroxyl groups is 2. The summed E-state index contributed by atoms with van der Waals surface area (Å²) in [7, 11) is 0. The number of carbonyl (C=O) groups excluding carboxylic acids is 16. The van der Waals surface area contributed by atoms with Crippen LogP contribution in [0.5, 0.6) is 11.5 Å². The first-order chi connectivity index (χ1) is 64.3. The molecule has 754 valence electrons. The van der Waals surface area contributed by atoms with E-state index in [9.17, 15) is 102 Å². The van der Waals surface area contributed by atoms with Gasteiger partial charge in [0.2, 0.25) is 94.5 Å². The van der Waals surface area contributed by atoms with Gasteiger partial charge in [-0.25, -0.2) is 4.79 Å². The first kappa shape index (κ1) is 115. The van der Waals surface area contributed by atoms with Crippen LogP contribution in [0, 0.1) is 23.7 Å². The van der Waals surface area contributed by atoms with Crippen molar-refractivity contribution >= 4 is 117 Å². The Bertz CT molecular complexity index is 4630. The number of primary amides is 2.